The highest BCUT2D eigenvalue weighted by molar-refractivity contribution is 5.31. The van der Waals surface area contributed by atoms with Gasteiger partial charge in [-0.05, 0) is 23.1 Å². The Hall–Kier alpha value is -1.16. The molecule has 1 rings (SSSR count). The van der Waals surface area contributed by atoms with Crippen LogP contribution < -0.4 is 4.74 Å². The molecule has 0 aliphatic heterocycles. The molecule has 84 valence electrons. The molecule has 4 heteroatoms. The summed E-state index contributed by atoms with van der Waals surface area (Å²) in [5.41, 5.74) is 0.969. The third-order valence-corrected chi connectivity index (χ3v) is 1.96. The van der Waals surface area contributed by atoms with Crippen molar-refractivity contribution in [2.75, 3.05) is 0 Å². The fraction of sp³-hybridized carbons (Fsp3) is 0.455. The van der Waals surface area contributed by atoms with Gasteiger partial charge in [0, 0.05) is 0 Å². The fourth-order valence-corrected chi connectivity index (χ4v) is 1.16. The molecule has 1 aromatic rings. The lowest BCUT2D eigenvalue weighted by Crippen LogP contribution is -2.23. The normalized spacial score (nSPS) is 12.7. The second kappa shape index (κ2) is 3.77. The van der Waals surface area contributed by atoms with Gasteiger partial charge in [-0.3, -0.25) is 0 Å². The maximum absolute atomic E-state index is 12.1. The van der Waals surface area contributed by atoms with Gasteiger partial charge in [-0.1, -0.05) is 32.9 Å². The van der Waals surface area contributed by atoms with Gasteiger partial charge in [0.2, 0.25) is 0 Å². The standard InChI is InChI=1S/C11H14F2O2/c1-10(2,3)8-4-6-9(7-5-8)15-11(12,13)14/h4-7,14H,1-3H3. The van der Waals surface area contributed by atoms with E-state index in [1.807, 2.05) is 20.8 Å². The minimum absolute atomic E-state index is 0.0414. The van der Waals surface area contributed by atoms with E-state index in [1.54, 1.807) is 12.1 Å². The van der Waals surface area contributed by atoms with Crippen LogP contribution in [0.4, 0.5) is 8.78 Å². The number of rotatable bonds is 2. The topological polar surface area (TPSA) is 29.5 Å². The minimum Gasteiger partial charge on any atom is -0.410 e. The molecule has 0 saturated heterocycles. The highest BCUT2D eigenvalue weighted by atomic mass is 19.3. The number of ether oxygens (including phenoxy) is 1. The SMILES string of the molecule is CC(C)(C)c1ccc(OC(O)(F)F)cc1. The van der Waals surface area contributed by atoms with Crippen LogP contribution in [0.5, 0.6) is 5.75 Å². The van der Waals surface area contributed by atoms with Crippen LogP contribution in [-0.2, 0) is 5.41 Å². The number of aliphatic hydroxyl groups is 1. The Bertz CT molecular complexity index is 320. The molecule has 0 amide bonds. The van der Waals surface area contributed by atoms with Gasteiger partial charge in [-0.25, -0.2) is 0 Å². The molecule has 0 aromatic heterocycles. The second-order valence-electron chi connectivity index (χ2n) is 4.36. The van der Waals surface area contributed by atoms with Gasteiger partial charge in [0.05, 0.1) is 0 Å². The first kappa shape index (κ1) is 11.9. The first-order valence-corrected chi connectivity index (χ1v) is 4.58. The van der Waals surface area contributed by atoms with Crippen molar-refractivity contribution in [2.45, 2.75) is 32.5 Å². The van der Waals surface area contributed by atoms with Crippen LogP contribution in [0.15, 0.2) is 24.3 Å². The fourth-order valence-electron chi connectivity index (χ4n) is 1.16. The Balaban J connectivity index is 2.82. The smallest absolute Gasteiger partial charge is 0.410 e. The predicted octanol–water partition coefficient (Wildman–Crippen LogP) is 2.91. The monoisotopic (exact) mass is 216 g/mol. The summed E-state index contributed by atoms with van der Waals surface area (Å²) < 4.78 is 28.1. The average molecular weight is 216 g/mol. The van der Waals surface area contributed by atoms with Gasteiger partial charge < -0.3 is 9.84 Å². The highest BCUT2D eigenvalue weighted by Gasteiger charge is 2.27. The van der Waals surface area contributed by atoms with Crippen LogP contribution in [0, 0.1) is 0 Å². The summed E-state index contributed by atoms with van der Waals surface area (Å²) >= 11 is 0. The summed E-state index contributed by atoms with van der Waals surface area (Å²) in [7, 11) is 0. The first-order valence-electron chi connectivity index (χ1n) is 4.58. The second-order valence-corrected chi connectivity index (χ2v) is 4.36. The largest absolute Gasteiger partial charge is 0.532 e. The minimum atomic E-state index is -4.12. The Labute approximate surface area is 87.5 Å². The van der Waals surface area contributed by atoms with Crippen molar-refractivity contribution >= 4 is 0 Å². The zero-order valence-electron chi connectivity index (χ0n) is 8.92. The van der Waals surface area contributed by atoms with Crippen LogP contribution in [0.3, 0.4) is 0 Å². The molecule has 15 heavy (non-hydrogen) atoms. The van der Waals surface area contributed by atoms with Crippen LogP contribution in [0.1, 0.15) is 26.3 Å². The Kier molecular flexibility index (Phi) is 3.00. The number of benzene rings is 1. The molecule has 1 N–H and O–H groups in total. The molecule has 0 saturated carbocycles. The van der Waals surface area contributed by atoms with E-state index in [1.165, 1.54) is 12.1 Å². The van der Waals surface area contributed by atoms with Gasteiger partial charge in [0.25, 0.3) is 0 Å². The average Bonchev–Trinajstić information content (AvgIpc) is 2.00. The Morgan fingerprint density at radius 1 is 1.07 bits per heavy atom. The van der Waals surface area contributed by atoms with Crippen molar-refractivity contribution in [3.8, 4) is 5.75 Å². The summed E-state index contributed by atoms with van der Waals surface area (Å²) in [5.74, 6) is -0.0597. The van der Waals surface area contributed by atoms with E-state index in [2.05, 4.69) is 4.74 Å². The van der Waals surface area contributed by atoms with Crippen molar-refractivity contribution in [1.82, 2.24) is 0 Å². The molecule has 0 unspecified atom stereocenters. The third kappa shape index (κ3) is 3.83. The maximum Gasteiger partial charge on any atom is 0.532 e. The number of halogens is 2. The van der Waals surface area contributed by atoms with E-state index in [0.29, 0.717) is 0 Å². The summed E-state index contributed by atoms with van der Waals surface area (Å²) in [4.78, 5) is 0. The summed E-state index contributed by atoms with van der Waals surface area (Å²) in [6, 6.07) is 6.21. The van der Waals surface area contributed by atoms with Crippen molar-refractivity contribution in [2.24, 2.45) is 0 Å². The lowest BCUT2D eigenvalue weighted by atomic mass is 9.87. The number of hydrogen-bond acceptors (Lipinski definition) is 2. The van der Waals surface area contributed by atoms with Crippen molar-refractivity contribution < 1.29 is 18.6 Å². The summed E-state index contributed by atoms with van der Waals surface area (Å²) in [5, 5.41) is 8.14. The zero-order valence-corrected chi connectivity index (χ0v) is 8.92. The lowest BCUT2D eigenvalue weighted by molar-refractivity contribution is -0.327. The van der Waals surface area contributed by atoms with E-state index >= 15 is 0 Å². The van der Waals surface area contributed by atoms with Crippen LogP contribution in [0.2, 0.25) is 0 Å². The molecule has 0 spiro atoms. The van der Waals surface area contributed by atoms with Gasteiger partial charge in [-0.2, -0.15) is 0 Å². The number of hydrogen-bond donors (Lipinski definition) is 1. The molecule has 0 bridgehead atoms. The lowest BCUT2D eigenvalue weighted by Gasteiger charge is -2.19. The summed E-state index contributed by atoms with van der Waals surface area (Å²) in [6.07, 6.45) is -4.12. The van der Waals surface area contributed by atoms with E-state index < -0.39 is 6.29 Å². The van der Waals surface area contributed by atoms with Crippen LogP contribution in [0.25, 0.3) is 0 Å². The third-order valence-electron chi connectivity index (χ3n) is 1.96. The van der Waals surface area contributed by atoms with Gasteiger partial charge in [0.1, 0.15) is 5.75 Å². The number of alkyl halides is 2. The molecule has 0 aliphatic carbocycles. The molecular formula is C11H14F2O2. The van der Waals surface area contributed by atoms with E-state index in [4.69, 9.17) is 5.11 Å². The van der Waals surface area contributed by atoms with Crippen molar-refractivity contribution in [1.29, 1.82) is 0 Å². The molecule has 1 aromatic carbocycles. The highest BCUT2D eigenvalue weighted by Crippen LogP contribution is 2.26. The molecule has 0 fully saturated rings. The molecule has 0 heterocycles. The Morgan fingerprint density at radius 2 is 1.53 bits per heavy atom. The van der Waals surface area contributed by atoms with E-state index in [-0.39, 0.29) is 11.2 Å². The van der Waals surface area contributed by atoms with Crippen LogP contribution in [-0.4, -0.2) is 11.4 Å². The molecule has 0 aliphatic rings. The maximum atomic E-state index is 12.1. The molecule has 2 nitrogen and oxygen atoms in total. The predicted molar refractivity (Wildman–Crippen MR) is 52.9 cm³/mol. The van der Waals surface area contributed by atoms with Crippen molar-refractivity contribution in [3.05, 3.63) is 29.8 Å². The quantitative estimate of drug-likeness (QED) is 0.770. The molecular weight excluding hydrogens is 202 g/mol. The van der Waals surface area contributed by atoms with Gasteiger partial charge in [-0.15, -0.1) is 8.78 Å². The summed E-state index contributed by atoms with van der Waals surface area (Å²) in [6.45, 7) is 6.05. The van der Waals surface area contributed by atoms with Gasteiger partial charge >= 0.3 is 6.29 Å². The molecule has 0 atom stereocenters. The Morgan fingerprint density at radius 3 is 1.87 bits per heavy atom. The van der Waals surface area contributed by atoms with Crippen molar-refractivity contribution in [3.63, 3.8) is 0 Å². The zero-order chi connectivity index (χ0) is 11.7. The van der Waals surface area contributed by atoms with E-state index in [9.17, 15) is 8.78 Å². The van der Waals surface area contributed by atoms with E-state index in [0.717, 1.165) is 5.56 Å². The van der Waals surface area contributed by atoms with Gasteiger partial charge in [0.15, 0.2) is 0 Å². The molecule has 0 radical (unpaired) electrons. The first-order chi connectivity index (χ1) is 6.68. The van der Waals surface area contributed by atoms with Crippen LogP contribution >= 0.6 is 0 Å².